The third-order valence-electron chi connectivity index (χ3n) is 3.55. The van der Waals surface area contributed by atoms with Crippen molar-refractivity contribution in [2.24, 2.45) is 10.3 Å². The maximum absolute atomic E-state index is 12.2. The topological polar surface area (TPSA) is 41.5 Å². The number of hydrogen-bond donors (Lipinski definition) is 1. The minimum Gasteiger partial charge on any atom is -0.319 e. The Kier molecular flexibility index (Phi) is 5.76. The summed E-state index contributed by atoms with van der Waals surface area (Å²) in [5.74, 6) is 2.22. The standard InChI is InChI=1S/C12H26N2OS/c1-4-16(15,5-2)14-12-8-6-11(7-9-12)10-13-3/h11-13H,4-10H2,1-3H3. The van der Waals surface area contributed by atoms with Crippen molar-refractivity contribution in [1.82, 2.24) is 5.32 Å². The third-order valence-corrected chi connectivity index (χ3v) is 6.04. The SMILES string of the molecule is CCS(=O)(CC)=NC1CCC(CNC)CC1. The van der Waals surface area contributed by atoms with Crippen LogP contribution in [0.5, 0.6) is 0 Å². The second-order valence-corrected chi connectivity index (χ2v) is 7.60. The van der Waals surface area contributed by atoms with E-state index in [1.54, 1.807) is 0 Å². The zero-order valence-electron chi connectivity index (χ0n) is 10.9. The molecule has 1 saturated carbocycles. The van der Waals surface area contributed by atoms with Gasteiger partial charge in [-0.2, -0.15) is 0 Å². The fourth-order valence-electron chi connectivity index (χ4n) is 2.37. The molecule has 96 valence electrons. The first-order chi connectivity index (χ1) is 7.63. The van der Waals surface area contributed by atoms with Gasteiger partial charge in [0.25, 0.3) is 0 Å². The molecule has 16 heavy (non-hydrogen) atoms. The van der Waals surface area contributed by atoms with Gasteiger partial charge in [-0.15, -0.1) is 0 Å². The molecule has 1 rings (SSSR count). The van der Waals surface area contributed by atoms with E-state index < -0.39 is 9.73 Å². The molecule has 1 fully saturated rings. The van der Waals surface area contributed by atoms with E-state index in [1.165, 1.54) is 12.8 Å². The number of nitrogens with zero attached hydrogens (tertiary/aromatic N) is 1. The van der Waals surface area contributed by atoms with Crippen LogP contribution in [-0.2, 0) is 9.73 Å². The van der Waals surface area contributed by atoms with Crippen molar-refractivity contribution in [3.05, 3.63) is 0 Å². The molecule has 0 saturated heterocycles. The Bertz CT molecular complexity index is 290. The summed E-state index contributed by atoms with van der Waals surface area (Å²) in [6.45, 7) is 5.09. The molecule has 0 aromatic rings. The van der Waals surface area contributed by atoms with Gasteiger partial charge in [0.15, 0.2) is 0 Å². The van der Waals surface area contributed by atoms with Gasteiger partial charge in [-0.25, -0.2) is 8.57 Å². The lowest BCUT2D eigenvalue weighted by Crippen LogP contribution is -2.26. The summed E-state index contributed by atoms with van der Waals surface area (Å²) < 4.78 is 16.8. The Morgan fingerprint density at radius 1 is 1.19 bits per heavy atom. The van der Waals surface area contributed by atoms with Crippen LogP contribution in [0.1, 0.15) is 39.5 Å². The van der Waals surface area contributed by atoms with Gasteiger partial charge in [0.2, 0.25) is 0 Å². The third kappa shape index (κ3) is 4.06. The van der Waals surface area contributed by atoms with Crippen LogP contribution in [0.2, 0.25) is 0 Å². The molecule has 0 spiro atoms. The lowest BCUT2D eigenvalue weighted by molar-refractivity contribution is 0.322. The molecule has 0 aromatic heterocycles. The number of rotatable bonds is 5. The van der Waals surface area contributed by atoms with Crippen molar-refractivity contribution in [2.75, 3.05) is 25.1 Å². The largest absolute Gasteiger partial charge is 0.319 e. The van der Waals surface area contributed by atoms with Crippen molar-refractivity contribution < 1.29 is 4.21 Å². The monoisotopic (exact) mass is 246 g/mol. The molecule has 1 N–H and O–H groups in total. The van der Waals surface area contributed by atoms with E-state index in [1.807, 2.05) is 20.9 Å². The predicted octanol–water partition coefficient (Wildman–Crippen LogP) is 2.27. The lowest BCUT2D eigenvalue weighted by Gasteiger charge is -2.26. The minimum absolute atomic E-state index is 0.362. The summed E-state index contributed by atoms with van der Waals surface area (Å²) in [6, 6.07) is 0.362. The average molecular weight is 246 g/mol. The maximum Gasteiger partial charge on any atom is 0.0594 e. The van der Waals surface area contributed by atoms with Gasteiger partial charge in [-0.05, 0) is 45.2 Å². The highest BCUT2D eigenvalue weighted by molar-refractivity contribution is 7.93. The second kappa shape index (κ2) is 6.60. The first kappa shape index (κ1) is 14.0. The van der Waals surface area contributed by atoms with E-state index in [0.717, 1.165) is 25.3 Å². The molecule has 0 heterocycles. The highest BCUT2D eigenvalue weighted by Gasteiger charge is 2.21. The van der Waals surface area contributed by atoms with E-state index >= 15 is 0 Å². The van der Waals surface area contributed by atoms with Crippen LogP contribution in [0.15, 0.2) is 4.36 Å². The van der Waals surface area contributed by atoms with Gasteiger partial charge in [0.05, 0.1) is 6.04 Å². The molecule has 0 amide bonds. The van der Waals surface area contributed by atoms with Crippen LogP contribution in [-0.4, -0.2) is 35.3 Å². The van der Waals surface area contributed by atoms with Crippen molar-refractivity contribution in [3.63, 3.8) is 0 Å². The van der Waals surface area contributed by atoms with Crippen molar-refractivity contribution in [3.8, 4) is 0 Å². The van der Waals surface area contributed by atoms with Crippen molar-refractivity contribution >= 4 is 9.73 Å². The molecular formula is C12H26N2OS. The van der Waals surface area contributed by atoms with E-state index in [0.29, 0.717) is 17.5 Å². The fourth-order valence-corrected chi connectivity index (χ4v) is 3.83. The molecule has 4 heteroatoms. The molecule has 0 atom stereocenters. The molecule has 0 bridgehead atoms. The quantitative estimate of drug-likeness (QED) is 0.808. The summed E-state index contributed by atoms with van der Waals surface area (Å²) in [7, 11) is 0.126. The van der Waals surface area contributed by atoms with E-state index in [9.17, 15) is 4.21 Å². The Balaban J connectivity index is 2.51. The zero-order chi connectivity index (χ0) is 12.0. The van der Waals surface area contributed by atoms with Gasteiger partial charge in [0, 0.05) is 21.2 Å². The summed E-state index contributed by atoms with van der Waals surface area (Å²) in [5, 5.41) is 3.24. The Morgan fingerprint density at radius 2 is 1.75 bits per heavy atom. The Morgan fingerprint density at radius 3 is 2.19 bits per heavy atom. The zero-order valence-corrected chi connectivity index (χ0v) is 11.7. The molecule has 3 nitrogen and oxygen atoms in total. The second-order valence-electron chi connectivity index (χ2n) is 4.69. The number of hydrogen-bond acceptors (Lipinski definition) is 3. The lowest BCUT2D eigenvalue weighted by atomic mass is 9.86. The smallest absolute Gasteiger partial charge is 0.0594 e. The Labute approximate surface area is 101 Å². The molecule has 0 aromatic carbocycles. The first-order valence-electron chi connectivity index (χ1n) is 6.49. The van der Waals surface area contributed by atoms with Crippen LogP contribution < -0.4 is 5.32 Å². The fraction of sp³-hybridized carbons (Fsp3) is 1.00. The van der Waals surface area contributed by atoms with Crippen LogP contribution in [0.3, 0.4) is 0 Å². The van der Waals surface area contributed by atoms with Gasteiger partial charge in [0.1, 0.15) is 0 Å². The van der Waals surface area contributed by atoms with Gasteiger partial charge in [-0.1, -0.05) is 13.8 Å². The molecular weight excluding hydrogens is 220 g/mol. The van der Waals surface area contributed by atoms with Crippen LogP contribution >= 0.6 is 0 Å². The predicted molar refractivity (Wildman–Crippen MR) is 71.3 cm³/mol. The summed E-state index contributed by atoms with van der Waals surface area (Å²) in [4.78, 5) is 0. The molecule has 1 aliphatic carbocycles. The van der Waals surface area contributed by atoms with Crippen LogP contribution in [0.4, 0.5) is 0 Å². The van der Waals surface area contributed by atoms with Gasteiger partial charge < -0.3 is 5.32 Å². The van der Waals surface area contributed by atoms with Gasteiger partial charge in [-0.3, -0.25) is 0 Å². The van der Waals surface area contributed by atoms with Crippen LogP contribution in [0.25, 0.3) is 0 Å². The van der Waals surface area contributed by atoms with E-state index in [4.69, 9.17) is 0 Å². The maximum atomic E-state index is 12.2. The van der Waals surface area contributed by atoms with E-state index in [2.05, 4.69) is 9.68 Å². The normalized spacial score (nSPS) is 26.7. The average Bonchev–Trinajstić information content (AvgIpc) is 2.32. The van der Waals surface area contributed by atoms with E-state index in [-0.39, 0.29) is 0 Å². The molecule has 0 unspecified atom stereocenters. The summed E-state index contributed by atoms with van der Waals surface area (Å²) >= 11 is 0. The highest BCUT2D eigenvalue weighted by Crippen LogP contribution is 2.26. The highest BCUT2D eigenvalue weighted by atomic mass is 32.2. The minimum atomic E-state index is -1.88. The van der Waals surface area contributed by atoms with Gasteiger partial charge >= 0.3 is 0 Å². The molecule has 1 aliphatic rings. The van der Waals surface area contributed by atoms with Crippen molar-refractivity contribution in [2.45, 2.75) is 45.6 Å². The summed E-state index contributed by atoms with van der Waals surface area (Å²) in [5.41, 5.74) is 0. The van der Waals surface area contributed by atoms with Crippen LogP contribution in [0, 0.1) is 5.92 Å². The molecule has 0 radical (unpaired) electrons. The Hall–Kier alpha value is -0.0900. The summed E-state index contributed by atoms with van der Waals surface area (Å²) in [6.07, 6.45) is 4.72. The van der Waals surface area contributed by atoms with Crippen molar-refractivity contribution in [1.29, 1.82) is 0 Å². The number of nitrogens with one attached hydrogen (secondary N) is 1. The molecule has 0 aliphatic heterocycles. The first-order valence-corrected chi connectivity index (χ1v) is 8.35.